The molecule has 144 valence electrons. The lowest BCUT2D eigenvalue weighted by molar-refractivity contribution is -0.0944. The second kappa shape index (κ2) is 6.62. The monoisotopic (exact) mass is 419 g/mol. The maximum atomic E-state index is 13.7. The van der Waals surface area contributed by atoms with Gasteiger partial charge in [0.15, 0.2) is 0 Å². The molecule has 2 amide bonds. The van der Waals surface area contributed by atoms with Crippen LogP contribution in [0.2, 0.25) is 0 Å². The molecule has 0 atom stereocenters. The van der Waals surface area contributed by atoms with Crippen molar-refractivity contribution in [2.75, 3.05) is 18.4 Å². The Kier molecular flexibility index (Phi) is 4.74. The molecule has 1 saturated heterocycles. The van der Waals surface area contributed by atoms with E-state index in [0.29, 0.717) is 15.6 Å². The first kappa shape index (κ1) is 19.3. The van der Waals surface area contributed by atoms with Crippen molar-refractivity contribution in [1.82, 2.24) is 4.31 Å². The zero-order valence-electron chi connectivity index (χ0n) is 13.4. The fourth-order valence-corrected chi connectivity index (χ4v) is 5.37. The number of nitrogens with two attached hydrogens (primary N) is 1. The predicted molar refractivity (Wildman–Crippen MR) is 90.9 cm³/mol. The van der Waals surface area contributed by atoms with E-state index in [2.05, 4.69) is 5.32 Å². The SMILES string of the molecule is NC(=O)c1cc(S(=O)(=O)N2CC(F)(F)C2)sc1NC(=O)c1ccccc1F. The van der Waals surface area contributed by atoms with E-state index in [1.807, 2.05) is 0 Å². The molecule has 3 N–H and O–H groups in total. The molecule has 0 aliphatic carbocycles. The largest absolute Gasteiger partial charge is 0.366 e. The van der Waals surface area contributed by atoms with Crippen LogP contribution in [0.5, 0.6) is 0 Å². The van der Waals surface area contributed by atoms with Gasteiger partial charge < -0.3 is 11.1 Å². The van der Waals surface area contributed by atoms with Gasteiger partial charge in [-0.3, -0.25) is 9.59 Å². The Morgan fingerprint density at radius 1 is 1.19 bits per heavy atom. The fraction of sp³-hybridized carbons (Fsp3) is 0.200. The number of thiophene rings is 1. The lowest BCUT2D eigenvalue weighted by Crippen LogP contribution is -2.58. The molecule has 0 saturated carbocycles. The summed E-state index contributed by atoms with van der Waals surface area (Å²) in [5.41, 5.74) is 4.55. The third-order valence-corrected chi connectivity index (χ3v) is 7.02. The number of primary amides is 1. The minimum atomic E-state index is -4.28. The molecule has 0 bridgehead atoms. The molecule has 1 aromatic carbocycles. The van der Waals surface area contributed by atoms with Crippen molar-refractivity contribution in [3.8, 4) is 0 Å². The van der Waals surface area contributed by atoms with Gasteiger partial charge in [-0.05, 0) is 18.2 Å². The normalized spacial score (nSPS) is 16.6. The number of anilines is 1. The number of hydrogen-bond acceptors (Lipinski definition) is 5. The Balaban J connectivity index is 1.92. The molecule has 2 aromatic rings. The van der Waals surface area contributed by atoms with Crippen molar-refractivity contribution in [2.45, 2.75) is 10.1 Å². The van der Waals surface area contributed by atoms with Gasteiger partial charge in [0, 0.05) is 0 Å². The summed E-state index contributed by atoms with van der Waals surface area (Å²) in [6.07, 6.45) is 0. The van der Waals surface area contributed by atoms with Crippen molar-refractivity contribution in [1.29, 1.82) is 0 Å². The second-order valence-corrected chi connectivity index (χ2v) is 8.95. The Labute approximate surface area is 155 Å². The molecule has 3 rings (SSSR count). The summed E-state index contributed by atoms with van der Waals surface area (Å²) in [6, 6.07) is 5.94. The van der Waals surface area contributed by atoms with Crippen molar-refractivity contribution >= 4 is 38.2 Å². The van der Waals surface area contributed by atoms with Crippen LogP contribution in [0, 0.1) is 5.82 Å². The minimum absolute atomic E-state index is 0.221. The highest BCUT2D eigenvalue weighted by molar-refractivity contribution is 7.91. The van der Waals surface area contributed by atoms with Gasteiger partial charge in [0.25, 0.3) is 27.8 Å². The average Bonchev–Trinajstić information content (AvgIpc) is 2.97. The van der Waals surface area contributed by atoms with Crippen LogP contribution in [0.1, 0.15) is 20.7 Å². The van der Waals surface area contributed by atoms with E-state index in [4.69, 9.17) is 5.73 Å². The Morgan fingerprint density at radius 2 is 1.81 bits per heavy atom. The first-order valence-electron chi connectivity index (χ1n) is 7.39. The van der Waals surface area contributed by atoms with E-state index in [-0.39, 0.29) is 16.1 Å². The summed E-state index contributed by atoms with van der Waals surface area (Å²) < 4.78 is 64.5. The van der Waals surface area contributed by atoms with E-state index >= 15 is 0 Å². The highest BCUT2D eigenvalue weighted by Crippen LogP contribution is 2.37. The molecule has 0 unspecified atom stereocenters. The summed E-state index contributed by atoms with van der Waals surface area (Å²) in [6.45, 7) is -1.95. The molecule has 1 aliphatic heterocycles. The molecule has 7 nitrogen and oxygen atoms in total. The van der Waals surface area contributed by atoms with Crippen LogP contribution < -0.4 is 11.1 Å². The van der Waals surface area contributed by atoms with Crippen LogP contribution in [-0.2, 0) is 10.0 Å². The highest BCUT2D eigenvalue weighted by atomic mass is 32.2. The van der Waals surface area contributed by atoms with E-state index in [1.165, 1.54) is 18.2 Å². The van der Waals surface area contributed by atoms with Crippen LogP contribution in [0.15, 0.2) is 34.5 Å². The summed E-state index contributed by atoms with van der Waals surface area (Å²) in [4.78, 5) is 23.8. The summed E-state index contributed by atoms with van der Waals surface area (Å²) in [7, 11) is -4.28. The molecule has 12 heteroatoms. The lowest BCUT2D eigenvalue weighted by atomic mass is 10.2. The van der Waals surface area contributed by atoms with Crippen molar-refractivity contribution in [2.24, 2.45) is 5.73 Å². The van der Waals surface area contributed by atoms with Gasteiger partial charge in [-0.1, -0.05) is 12.1 Å². The number of halogens is 3. The number of nitrogens with one attached hydrogen (secondary N) is 1. The quantitative estimate of drug-likeness (QED) is 0.771. The first-order chi connectivity index (χ1) is 12.5. The number of carbonyl (C=O) groups is 2. The second-order valence-electron chi connectivity index (χ2n) is 5.74. The number of alkyl halides is 2. The third-order valence-electron chi connectivity index (χ3n) is 3.73. The molecular formula is C15H12F3N3O4S2. The summed E-state index contributed by atoms with van der Waals surface area (Å²) in [5, 5.41) is 2.02. The first-order valence-corrected chi connectivity index (χ1v) is 9.64. The minimum Gasteiger partial charge on any atom is -0.366 e. The van der Waals surface area contributed by atoms with Gasteiger partial charge in [-0.2, -0.15) is 4.31 Å². The number of benzene rings is 1. The molecule has 1 aromatic heterocycles. The van der Waals surface area contributed by atoms with E-state index in [9.17, 15) is 31.2 Å². The van der Waals surface area contributed by atoms with Crippen LogP contribution in [0.3, 0.4) is 0 Å². The molecule has 2 heterocycles. The molecular weight excluding hydrogens is 407 g/mol. The average molecular weight is 419 g/mol. The smallest absolute Gasteiger partial charge is 0.275 e. The number of nitrogens with zero attached hydrogens (tertiary/aromatic N) is 1. The predicted octanol–water partition coefficient (Wildman–Crippen LogP) is 1.88. The third kappa shape index (κ3) is 3.68. The van der Waals surface area contributed by atoms with Gasteiger partial charge in [-0.15, -0.1) is 11.3 Å². The number of sulfonamides is 1. The van der Waals surface area contributed by atoms with Gasteiger partial charge in [-0.25, -0.2) is 21.6 Å². The van der Waals surface area contributed by atoms with Gasteiger partial charge >= 0.3 is 0 Å². The van der Waals surface area contributed by atoms with Crippen molar-refractivity contribution in [3.05, 3.63) is 47.3 Å². The van der Waals surface area contributed by atoms with Gasteiger partial charge in [0.1, 0.15) is 15.0 Å². The number of hydrogen-bond donors (Lipinski definition) is 2. The van der Waals surface area contributed by atoms with Gasteiger partial charge in [0.05, 0.1) is 24.2 Å². The lowest BCUT2D eigenvalue weighted by Gasteiger charge is -2.36. The fourth-order valence-electron chi connectivity index (χ4n) is 2.35. The van der Waals surface area contributed by atoms with Crippen molar-refractivity contribution < 1.29 is 31.2 Å². The molecule has 27 heavy (non-hydrogen) atoms. The summed E-state index contributed by atoms with van der Waals surface area (Å²) in [5.74, 6) is -5.89. The number of rotatable bonds is 5. The summed E-state index contributed by atoms with van der Waals surface area (Å²) >= 11 is 0.472. The molecule has 0 spiro atoms. The topological polar surface area (TPSA) is 110 Å². The number of amides is 2. The zero-order valence-corrected chi connectivity index (χ0v) is 15.0. The Morgan fingerprint density at radius 3 is 2.37 bits per heavy atom. The van der Waals surface area contributed by atoms with Gasteiger partial charge in [0.2, 0.25) is 0 Å². The molecule has 0 radical (unpaired) electrons. The Bertz CT molecular complexity index is 1030. The molecule has 1 fully saturated rings. The Hall–Kier alpha value is -2.44. The van der Waals surface area contributed by atoms with Crippen LogP contribution >= 0.6 is 11.3 Å². The van der Waals surface area contributed by atoms with Crippen LogP contribution in [-0.4, -0.2) is 43.5 Å². The highest BCUT2D eigenvalue weighted by Gasteiger charge is 2.50. The standard InChI is InChI=1S/C15H12F3N3O4S2/c16-10-4-2-1-3-8(10)13(23)20-14-9(12(19)22)5-11(26-14)27(24,25)21-6-15(17,18)7-21/h1-5H,6-7H2,(H2,19,22)(H,20,23). The van der Waals surface area contributed by atoms with E-state index < -0.39 is 50.9 Å². The van der Waals surface area contributed by atoms with Crippen molar-refractivity contribution in [3.63, 3.8) is 0 Å². The maximum Gasteiger partial charge on any atom is 0.275 e. The maximum absolute atomic E-state index is 13.7. The molecule has 1 aliphatic rings. The van der Waals surface area contributed by atoms with Crippen LogP contribution in [0.25, 0.3) is 0 Å². The van der Waals surface area contributed by atoms with E-state index in [0.717, 1.165) is 12.1 Å². The van der Waals surface area contributed by atoms with E-state index in [1.54, 1.807) is 0 Å². The zero-order chi connectivity index (χ0) is 20.0. The van der Waals surface area contributed by atoms with Crippen LogP contribution in [0.4, 0.5) is 18.2 Å². The number of carbonyl (C=O) groups excluding carboxylic acids is 2.